The Bertz CT molecular complexity index is 901. The number of para-hydroxylation sites is 2. The molecule has 0 unspecified atom stereocenters. The summed E-state index contributed by atoms with van der Waals surface area (Å²) < 4.78 is 6.17. The van der Waals surface area contributed by atoms with E-state index in [1.807, 2.05) is 13.8 Å². The fourth-order valence-electron chi connectivity index (χ4n) is 3.33. The van der Waals surface area contributed by atoms with Crippen molar-refractivity contribution in [2.24, 2.45) is 9.98 Å². The van der Waals surface area contributed by atoms with Gasteiger partial charge in [0.25, 0.3) is 0 Å². The van der Waals surface area contributed by atoms with Crippen molar-refractivity contribution in [3.8, 4) is 0 Å². The summed E-state index contributed by atoms with van der Waals surface area (Å²) in [5.74, 6) is 1.60. The molecular formula is C25H28N2O. The number of nitrogens with zero attached hydrogens (tertiary/aromatic N) is 2. The first-order valence-electron chi connectivity index (χ1n) is 9.68. The van der Waals surface area contributed by atoms with Crippen molar-refractivity contribution in [3.05, 3.63) is 82.3 Å². The van der Waals surface area contributed by atoms with Crippen LogP contribution in [0, 0.1) is 27.7 Å². The van der Waals surface area contributed by atoms with Gasteiger partial charge < -0.3 is 4.74 Å². The average molecular weight is 373 g/mol. The summed E-state index contributed by atoms with van der Waals surface area (Å²) in [5.41, 5.74) is 8.45. The molecule has 28 heavy (non-hydrogen) atoms. The van der Waals surface area contributed by atoms with E-state index in [4.69, 9.17) is 14.7 Å². The summed E-state index contributed by atoms with van der Waals surface area (Å²) in [5, 5.41) is 0. The Morgan fingerprint density at radius 1 is 0.679 bits per heavy atom. The van der Waals surface area contributed by atoms with E-state index < -0.39 is 0 Å². The van der Waals surface area contributed by atoms with Crippen LogP contribution in [0.1, 0.15) is 42.5 Å². The van der Waals surface area contributed by atoms with Gasteiger partial charge in [0.05, 0.1) is 22.8 Å². The van der Waals surface area contributed by atoms with Gasteiger partial charge in [0.1, 0.15) is 11.5 Å². The Balaban J connectivity index is 1.84. The van der Waals surface area contributed by atoms with Crippen molar-refractivity contribution in [1.29, 1.82) is 0 Å². The Labute approximate surface area is 168 Å². The van der Waals surface area contributed by atoms with Gasteiger partial charge in [-0.15, -0.1) is 0 Å². The summed E-state index contributed by atoms with van der Waals surface area (Å²) in [4.78, 5) is 9.69. The Morgan fingerprint density at radius 3 is 1.39 bits per heavy atom. The zero-order chi connectivity index (χ0) is 20.3. The molecule has 0 spiro atoms. The minimum Gasteiger partial charge on any atom is -0.454 e. The van der Waals surface area contributed by atoms with Gasteiger partial charge in [-0.25, -0.2) is 9.98 Å². The van der Waals surface area contributed by atoms with Crippen molar-refractivity contribution in [3.63, 3.8) is 0 Å². The monoisotopic (exact) mass is 372 g/mol. The summed E-state index contributed by atoms with van der Waals surface area (Å²) in [6.07, 6.45) is 4.95. The molecule has 0 saturated carbocycles. The lowest BCUT2D eigenvalue weighted by molar-refractivity contribution is 0.343. The SMILES string of the molecule is CC(=Nc1c(C)cccc1C)C1=CCC=C(C(C)=Nc2c(C)cccc2C)O1. The van der Waals surface area contributed by atoms with E-state index in [0.717, 1.165) is 40.7 Å². The van der Waals surface area contributed by atoms with Crippen molar-refractivity contribution in [2.75, 3.05) is 0 Å². The molecule has 0 saturated heterocycles. The summed E-state index contributed by atoms with van der Waals surface area (Å²) >= 11 is 0. The Kier molecular flexibility index (Phi) is 5.93. The molecule has 1 aliphatic rings. The van der Waals surface area contributed by atoms with E-state index in [2.05, 4.69) is 76.2 Å². The molecule has 0 aromatic heterocycles. The number of hydrogen-bond donors (Lipinski definition) is 0. The van der Waals surface area contributed by atoms with E-state index in [1.54, 1.807) is 0 Å². The third-order valence-electron chi connectivity index (χ3n) is 4.98. The van der Waals surface area contributed by atoms with E-state index in [1.165, 1.54) is 22.3 Å². The molecule has 144 valence electrons. The maximum absolute atomic E-state index is 6.17. The molecule has 2 aromatic rings. The topological polar surface area (TPSA) is 34.0 Å². The van der Waals surface area contributed by atoms with Crippen LogP contribution >= 0.6 is 0 Å². The van der Waals surface area contributed by atoms with Gasteiger partial charge in [-0.05, 0) is 82.4 Å². The van der Waals surface area contributed by atoms with Crippen LogP contribution in [-0.2, 0) is 4.74 Å². The van der Waals surface area contributed by atoms with Crippen LogP contribution in [0.25, 0.3) is 0 Å². The maximum atomic E-state index is 6.17. The predicted octanol–water partition coefficient (Wildman–Crippen LogP) is 6.99. The summed E-state index contributed by atoms with van der Waals surface area (Å²) in [6.45, 7) is 12.3. The highest BCUT2D eigenvalue weighted by Gasteiger charge is 2.15. The number of hydrogen-bond acceptors (Lipinski definition) is 3. The second-order valence-electron chi connectivity index (χ2n) is 7.35. The Morgan fingerprint density at radius 2 is 1.04 bits per heavy atom. The van der Waals surface area contributed by atoms with Gasteiger partial charge in [-0.3, -0.25) is 0 Å². The second kappa shape index (κ2) is 8.39. The smallest absolute Gasteiger partial charge is 0.145 e. The molecule has 0 N–H and O–H groups in total. The highest BCUT2D eigenvalue weighted by molar-refractivity contribution is 6.02. The van der Waals surface area contributed by atoms with Crippen LogP contribution in [0.5, 0.6) is 0 Å². The van der Waals surface area contributed by atoms with Crippen LogP contribution in [-0.4, -0.2) is 11.4 Å². The van der Waals surface area contributed by atoms with Crippen LogP contribution in [0.3, 0.4) is 0 Å². The largest absolute Gasteiger partial charge is 0.454 e. The predicted molar refractivity (Wildman–Crippen MR) is 119 cm³/mol. The molecule has 0 aliphatic carbocycles. The van der Waals surface area contributed by atoms with E-state index in [9.17, 15) is 0 Å². The normalized spacial score (nSPS) is 15.1. The first-order chi connectivity index (χ1) is 13.4. The van der Waals surface area contributed by atoms with Gasteiger partial charge in [-0.2, -0.15) is 0 Å². The number of aliphatic imine (C=N–C) groups is 2. The van der Waals surface area contributed by atoms with Crippen LogP contribution < -0.4 is 0 Å². The van der Waals surface area contributed by atoms with Crippen molar-refractivity contribution < 1.29 is 4.74 Å². The number of rotatable bonds is 4. The quantitative estimate of drug-likeness (QED) is 0.532. The molecule has 0 amide bonds. The fourth-order valence-corrected chi connectivity index (χ4v) is 3.33. The molecule has 3 rings (SSSR count). The molecule has 0 bridgehead atoms. The molecule has 1 heterocycles. The minimum atomic E-state index is 0.802. The average Bonchev–Trinajstić information content (AvgIpc) is 2.67. The molecule has 0 radical (unpaired) electrons. The molecule has 2 aromatic carbocycles. The number of allylic oxidation sites excluding steroid dienone is 4. The Hall–Kier alpha value is -2.94. The third-order valence-corrected chi connectivity index (χ3v) is 4.98. The number of benzene rings is 2. The summed E-state index contributed by atoms with van der Waals surface area (Å²) in [7, 11) is 0. The first-order valence-corrected chi connectivity index (χ1v) is 9.68. The van der Waals surface area contributed by atoms with E-state index in [0.29, 0.717) is 0 Å². The van der Waals surface area contributed by atoms with Crippen molar-refractivity contribution in [2.45, 2.75) is 48.0 Å². The molecular weight excluding hydrogens is 344 g/mol. The van der Waals surface area contributed by atoms with Gasteiger partial charge in [0, 0.05) is 0 Å². The lowest BCUT2D eigenvalue weighted by atomic mass is 10.1. The lowest BCUT2D eigenvalue weighted by Gasteiger charge is -2.18. The van der Waals surface area contributed by atoms with Gasteiger partial charge in [-0.1, -0.05) is 36.4 Å². The van der Waals surface area contributed by atoms with Gasteiger partial charge in [0.2, 0.25) is 0 Å². The van der Waals surface area contributed by atoms with Crippen LogP contribution in [0.2, 0.25) is 0 Å². The first kappa shape index (κ1) is 19.8. The molecule has 1 aliphatic heterocycles. The number of ether oxygens (including phenoxy) is 1. The van der Waals surface area contributed by atoms with Crippen LogP contribution in [0.4, 0.5) is 11.4 Å². The third kappa shape index (κ3) is 4.30. The van der Waals surface area contributed by atoms with E-state index >= 15 is 0 Å². The molecule has 3 nitrogen and oxygen atoms in total. The maximum Gasteiger partial charge on any atom is 0.145 e. The minimum absolute atomic E-state index is 0.802. The second-order valence-corrected chi connectivity index (χ2v) is 7.35. The van der Waals surface area contributed by atoms with Crippen LogP contribution in [0.15, 0.2) is 70.1 Å². The standard InChI is InChI=1S/C25H28N2O/c1-16-10-7-11-17(2)24(16)26-20(5)22-14-9-15-23(28-22)21(6)27-25-18(3)12-8-13-19(25)4/h7-8,10-15H,9H2,1-6H3. The lowest BCUT2D eigenvalue weighted by Crippen LogP contribution is -2.11. The van der Waals surface area contributed by atoms with Gasteiger partial charge >= 0.3 is 0 Å². The molecule has 0 atom stereocenters. The molecule has 3 heteroatoms. The van der Waals surface area contributed by atoms with Gasteiger partial charge in [0.15, 0.2) is 0 Å². The summed E-state index contributed by atoms with van der Waals surface area (Å²) in [6, 6.07) is 12.5. The van der Waals surface area contributed by atoms with Crippen molar-refractivity contribution >= 4 is 22.8 Å². The van der Waals surface area contributed by atoms with E-state index in [-0.39, 0.29) is 0 Å². The highest BCUT2D eigenvalue weighted by atomic mass is 16.5. The highest BCUT2D eigenvalue weighted by Crippen LogP contribution is 2.28. The zero-order valence-electron chi connectivity index (χ0n) is 17.6. The zero-order valence-corrected chi connectivity index (χ0v) is 17.6. The van der Waals surface area contributed by atoms with Crippen molar-refractivity contribution in [1.82, 2.24) is 0 Å². The molecule has 0 fully saturated rings. The number of aryl methyl sites for hydroxylation is 4. The fraction of sp³-hybridized carbons (Fsp3) is 0.280.